The smallest absolute Gasteiger partial charge is 0.251 e. The summed E-state index contributed by atoms with van der Waals surface area (Å²) in [5.74, 6) is -0.122. The largest absolute Gasteiger partial charge is 0.351 e. The van der Waals surface area contributed by atoms with Gasteiger partial charge in [-0.15, -0.1) is 0 Å². The quantitative estimate of drug-likeness (QED) is 0.436. The Balaban J connectivity index is 1.83. The number of fused-ring (bicyclic) bond motifs is 1. The molecular formula is C22H19BrN4O. The van der Waals surface area contributed by atoms with Crippen LogP contribution < -0.4 is 11.1 Å². The van der Waals surface area contributed by atoms with Crippen LogP contribution in [0.15, 0.2) is 71.3 Å². The first-order chi connectivity index (χ1) is 13.7. The molecule has 1 amide bonds. The number of nitrogens with zero attached hydrogens (tertiary/aromatic N) is 1. The van der Waals surface area contributed by atoms with Crippen LogP contribution in [0.3, 0.4) is 0 Å². The molecule has 0 saturated carbocycles. The minimum absolute atomic E-state index is 0.122. The highest BCUT2D eigenvalue weighted by molar-refractivity contribution is 9.10. The van der Waals surface area contributed by atoms with E-state index >= 15 is 0 Å². The van der Waals surface area contributed by atoms with Crippen molar-refractivity contribution in [3.63, 3.8) is 0 Å². The van der Waals surface area contributed by atoms with E-state index in [1.54, 1.807) is 6.20 Å². The van der Waals surface area contributed by atoms with E-state index in [0.717, 1.165) is 37.9 Å². The molecule has 2 aromatic carbocycles. The van der Waals surface area contributed by atoms with Gasteiger partial charge in [-0.1, -0.05) is 42.5 Å². The number of rotatable bonds is 5. The first kappa shape index (κ1) is 18.4. The Hall–Kier alpha value is -2.96. The number of H-pyrrole nitrogens is 1. The third-order valence-electron chi connectivity index (χ3n) is 4.55. The molecule has 4 rings (SSSR count). The van der Waals surface area contributed by atoms with E-state index in [4.69, 9.17) is 5.73 Å². The maximum atomic E-state index is 12.2. The molecule has 0 radical (unpaired) electrons. The lowest BCUT2D eigenvalue weighted by molar-refractivity contribution is 0.0955. The first-order valence-electron chi connectivity index (χ1n) is 8.98. The van der Waals surface area contributed by atoms with Crippen LogP contribution in [-0.2, 0) is 0 Å². The number of pyridine rings is 1. The zero-order valence-electron chi connectivity index (χ0n) is 15.1. The van der Waals surface area contributed by atoms with Crippen molar-refractivity contribution in [2.45, 2.75) is 0 Å². The predicted octanol–water partition coefficient (Wildman–Crippen LogP) is 4.35. The number of hydrogen-bond acceptors (Lipinski definition) is 3. The second-order valence-corrected chi connectivity index (χ2v) is 7.33. The molecule has 2 aromatic heterocycles. The van der Waals surface area contributed by atoms with Gasteiger partial charge in [0.05, 0.1) is 5.69 Å². The molecule has 2 heterocycles. The summed E-state index contributed by atoms with van der Waals surface area (Å²) in [6.45, 7) is 0.877. The number of carbonyl (C=O) groups is 1. The summed E-state index contributed by atoms with van der Waals surface area (Å²) in [7, 11) is 0. The van der Waals surface area contributed by atoms with Crippen LogP contribution in [0.5, 0.6) is 0 Å². The standard InChI is InChI=1S/C22H19BrN4O/c23-17-12-18-19(14-6-8-16(9-7-14)22(28)25-11-10-24)20(27-21(18)26-13-17)15-4-2-1-3-5-15/h1-9,12-13H,10-11,24H2,(H,25,28)(H,26,27). The van der Waals surface area contributed by atoms with E-state index in [9.17, 15) is 4.79 Å². The van der Waals surface area contributed by atoms with Crippen molar-refractivity contribution in [3.05, 3.63) is 76.9 Å². The number of nitrogens with two attached hydrogens (primary N) is 1. The summed E-state index contributed by atoms with van der Waals surface area (Å²) in [5.41, 5.74) is 11.0. The number of nitrogens with one attached hydrogen (secondary N) is 2. The number of amides is 1. The molecule has 0 fully saturated rings. The molecule has 0 aliphatic heterocycles. The number of halogens is 1. The average Bonchev–Trinajstić information content (AvgIpc) is 3.11. The fourth-order valence-electron chi connectivity index (χ4n) is 3.24. The van der Waals surface area contributed by atoms with Crippen LogP contribution >= 0.6 is 15.9 Å². The SMILES string of the molecule is NCCNC(=O)c1ccc(-c2c(-c3ccccc3)[nH]c3ncc(Br)cc23)cc1. The summed E-state index contributed by atoms with van der Waals surface area (Å²) in [4.78, 5) is 20.1. The lowest BCUT2D eigenvalue weighted by Gasteiger charge is -2.08. The molecule has 28 heavy (non-hydrogen) atoms. The van der Waals surface area contributed by atoms with Crippen LogP contribution in [0.2, 0.25) is 0 Å². The average molecular weight is 435 g/mol. The number of aromatic nitrogens is 2. The molecule has 0 aliphatic carbocycles. The molecule has 0 atom stereocenters. The van der Waals surface area contributed by atoms with Crippen LogP contribution in [-0.4, -0.2) is 29.0 Å². The van der Waals surface area contributed by atoms with Crippen molar-refractivity contribution in [1.82, 2.24) is 15.3 Å². The van der Waals surface area contributed by atoms with Crippen LogP contribution in [0.4, 0.5) is 0 Å². The third-order valence-corrected chi connectivity index (χ3v) is 4.98. The van der Waals surface area contributed by atoms with E-state index in [1.807, 2.05) is 42.5 Å². The van der Waals surface area contributed by atoms with Crippen LogP contribution in [0.25, 0.3) is 33.4 Å². The second kappa shape index (κ2) is 7.96. The van der Waals surface area contributed by atoms with Gasteiger partial charge in [-0.25, -0.2) is 4.98 Å². The van der Waals surface area contributed by atoms with Crippen molar-refractivity contribution in [2.75, 3.05) is 13.1 Å². The molecule has 140 valence electrons. The zero-order valence-corrected chi connectivity index (χ0v) is 16.7. The molecule has 6 heteroatoms. The predicted molar refractivity (Wildman–Crippen MR) is 116 cm³/mol. The molecular weight excluding hydrogens is 416 g/mol. The lowest BCUT2D eigenvalue weighted by atomic mass is 9.98. The second-order valence-electron chi connectivity index (χ2n) is 6.41. The molecule has 0 aliphatic rings. The van der Waals surface area contributed by atoms with Gasteiger partial charge in [0.2, 0.25) is 0 Å². The summed E-state index contributed by atoms with van der Waals surface area (Å²) in [6, 6.07) is 19.8. The summed E-state index contributed by atoms with van der Waals surface area (Å²) in [5, 5.41) is 3.81. The fraction of sp³-hybridized carbons (Fsp3) is 0.0909. The number of carbonyl (C=O) groups excluding carboxylic acids is 1. The van der Waals surface area contributed by atoms with Gasteiger partial charge in [0.15, 0.2) is 0 Å². The Kier molecular flexibility index (Phi) is 5.23. The zero-order chi connectivity index (χ0) is 19.5. The maximum absolute atomic E-state index is 12.2. The highest BCUT2D eigenvalue weighted by Gasteiger charge is 2.16. The van der Waals surface area contributed by atoms with Crippen molar-refractivity contribution in [3.8, 4) is 22.4 Å². The topological polar surface area (TPSA) is 83.8 Å². The Morgan fingerprint density at radius 1 is 1.07 bits per heavy atom. The summed E-state index contributed by atoms with van der Waals surface area (Å²) in [6.07, 6.45) is 1.78. The van der Waals surface area contributed by atoms with Gasteiger partial charge in [0.25, 0.3) is 5.91 Å². The van der Waals surface area contributed by atoms with Crippen LogP contribution in [0, 0.1) is 0 Å². The molecule has 4 N–H and O–H groups in total. The maximum Gasteiger partial charge on any atom is 0.251 e. The van der Waals surface area contributed by atoms with Gasteiger partial charge >= 0.3 is 0 Å². The minimum atomic E-state index is -0.122. The summed E-state index contributed by atoms with van der Waals surface area (Å²) >= 11 is 3.52. The number of aromatic amines is 1. The summed E-state index contributed by atoms with van der Waals surface area (Å²) < 4.78 is 0.914. The van der Waals surface area contributed by atoms with Crippen molar-refractivity contribution in [2.24, 2.45) is 5.73 Å². The van der Waals surface area contributed by atoms with Crippen LogP contribution in [0.1, 0.15) is 10.4 Å². The van der Waals surface area contributed by atoms with Gasteiger partial charge < -0.3 is 16.0 Å². The molecule has 5 nitrogen and oxygen atoms in total. The molecule has 4 aromatic rings. The van der Waals surface area contributed by atoms with E-state index in [2.05, 4.69) is 49.4 Å². The van der Waals surface area contributed by atoms with Gasteiger partial charge in [-0.05, 0) is 45.3 Å². The number of hydrogen-bond donors (Lipinski definition) is 3. The lowest BCUT2D eigenvalue weighted by Crippen LogP contribution is -2.28. The van der Waals surface area contributed by atoms with Gasteiger partial charge in [-0.2, -0.15) is 0 Å². The Labute approximate surface area is 171 Å². The van der Waals surface area contributed by atoms with E-state index in [-0.39, 0.29) is 5.91 Å². The van der Waals surface area contributed by atoms with E-state index < -0.39 is 0 Å². The number of benzene rings is 2. The highest BCUT2D eigenvalue weighted by atomic mass is 79.9. The van der Waals surface area contributed by atoms with Crippen molar-refractivity contribution in [1.29, 1.82) is 0 Å². The normalized spacial score (nSPS) is 10.9. The van der Waals surface area contributed by atoms with E-state index in [0.29, 0.717) is 18.7 Å². The van der Waals surface area contributed by atoms with Gasteiger partial charge in [0.1, 0.15) is 5.65 Å². The van der Waals surface area contributed by atoms with Crippen molar-refractivity contribution >= 4 is 32.9 Å². The Morgan fingerprint density at radius 2 is 1.82 bits per heavy atom. The van der Waals surface area contributed by atoms with Crippen molar-refractivity contribution < 1.29 is 4.79 Å². The van der Waals surface area contributed by atoms with E-state index in [1.165, 1.54) is 0 Å². The third kappa shape index (κ3) is 3.56. The first-order valence-corrected chi connectivity index (χ1v) is 9.78. The molecule has 0 saturated heterocycles. The minimum Gasteiger partial charge on any atom is -0.351 e. The Morgan fingerprint density at radius 3 is 2.54 bits per heavy atom. The molecule has 0 unspecified atom stereocenters. The highest BCUT2D eigenvalue weighted by Crippen LogP contribution is 2.38. The molecule has 0 spiro atoms. The fourth-order valence-corrected chi connectivity index (χ4v) is 3.57. The monoisotopic (exact) mass is 434 g/mol. The van der Waals surface area contributed by atoms with Gasteiger partial charge in [-0.3, -0.25) is 4.79 Å². The molecule has 0 bridgehead atoms. The van der Waals surface area contributed by atoms with Gasteiger partial charge in [0, 0.05) is 40.3 Å². The Bertz CT molecular complexity index is 1120.